The van der Waals surface area contributed by atoms with E-state index in [0.717, 1.165) is 16.7 Å². The molecule has 3 N–H and O–H groups in total. The lowest BCUT2D eigenvalue weighted by Gasteiger charge is -2.38. The molecule has 10 heteroatoms. The molecule has 2 heterocycles. The highest BCUT2D eigenvalue weighted by molar-refractivity contribution is 7.89. The minimum Gasteiger partial charge on any atom is -0.368 e. The van der Waals surface area contributed by atoms with Crippen molar-refractivity contribution >= 4 is 27.8 Å². The van der Waals surface area contributed by atoms with Crippen LogP contribution >= 0.6 is 0 Å². The standard InChI is InChI=1S/C10H13N5O4S/c1-10(2)8(17)14-7(16)5-15(10)20(18,19)6-3-12-9(11)13-4-6/h3-4H,5H2,1-2H3,(H2,11,12,13)(H,14,16,17). The Bertz CT molecular complexity index is 667. The SMILES string of the molecule is CC1(C)C(=O)NC(=O)CN1S(=O)(=O)c1cnc(N)nc1. The number of nitrogens with two attached hydrogens (primary N) is 1. The van der Waals surface area contributed by atoms with Gasteiger partial charge in [0.05, 0.1) is 18.9 Å². The molecule has 0 atom stereocenters. The highest BCUT2D eigenvalue weighted by Crippen LogP contribution is 2.26. The van der Waals surface area contributed by atoms with Crippen molar-refractivity contribution in [2.45, 2.75) is 24.3 Å². The molecular weight excluding hydrogens is 286 g/mol. The Hall–Kier alpha value is -2.07. The lowest BCUT2D eigenvalue weighted by molar-refractivity contribution is -0.141. The molecule has 1 aliphatic rings. The number of amides is 2. The molecule has 0 bridgehead atoms. The van der Waals surface area contributed by atoms with Gasteiger partial charge in [0.2, 0.25) is 27.8 Å². The Labute approximate surface area is 115 Å². The Morgan fingerprint density at radius 3 is 2.40 bits per heavy atom. The smallest absolute Gasteiger partial charge is 0.247 e. The van der Waals surface area contributed by atoms with E-state index in [1.807, 2.05) is 0 Å². The van der Waals surface area contributed by atoms with Gasteiger partial charge < -0.3 is 5.73 Å². The van der Waals surface area contributed by atoms with Crippen LogP contribution in [0.15, 0.2) is 17.3 Å². The quantitative estimate of drug-likeness (QED) is 0.633. The minimum absolute atomic E-state index is 0.0735. The molecule has 9 nitrogen and oxygen atoms in total. The predicted octanol–water partition coefficient (Wildman–Crippen LogP) is -1.52. The zero-order valence-corrected chi connectivity index (χ0v) is 11.6. The van der Waals surface area contributed by atoms with Crippen molar-refractivity contribution in [3.05, 3.63) is 12.4 Å². The lowest BCUT2D eigenvalue weighted by atomic mass is 10.0. The maximum atomic E-state index is 12.5. The normalized spacial score (nSPS) is 19.7. The maximum absolute atomic E-state index is 12.5. The van der Waals surface area contributed by atoms with Crippen molar-refractivity contribution in [1.29, 1.82) is 0 Å². The molecule has 1 saturated heterocycles. The molecule has 1 aromatic heterocycles. The first-order chi connectivity index (χ1) is 9.15. The second kappa shape index (κ2) is 4.49. The Morgan fingerprint density at radius 2 is 1.85 bits per heavy atom. The second-order valence-corrected chi connectivity index (χ2v) is 6.59. The third kappa shape index (κ3) is 2.23. The summed E-state index contributed by atoms with van der Waals surface area (Å²) in [6, 6.07) is 0. The molecule has 0 aliphatic carbocycles. The zero-order chi connectivity index (χ0) is 15.1. The van der Waals surface area contributed by atoms with E-state index < -0.39 is 33.9 Å². The number of nitrogens with zero attached hydrogens (tertiary/aromatic N) is 3. The van der Waals surface area contributed by atoms with Gasteiger partial charge in [-0.2, -0.15) is 4.31 Å². The van der Waals surface area contributed by atoms with Crippen molar-refractivity contribution in [2.75, 3.05) is 12.3 Å². The molecule has 20 heavy (non-hydrogen) atoms. The third-order valence-electron chi connectivity index (χ3n) is 2.96. The number of aromatic nitrogens is 2. The van der Waals surface area contributed by atoms with E-state index in [4.69, 9.17) is 5.73 Å². The Morgan fingerprint density at radius 1 is 1.30 bits per heavy atom. The maximum Gasteiger partial charge on any atom is 0.247 e. The summed E-state index contributed by atoms with van der Waals surface area (Å²) in [7, 11) is -4.08. The molecule has 1 fully saturated rings. The van der Waals surface area contributed by atoms with Crippen LogP contribution in [-0.2, 0) is 19.6 Å². The lowest BCUT2D eigenvalue weighted by Crippen LogP contribution is -2.65. The molecule has 2 amide bonds. The monoisotopic (exact) mass is 299 g/mol. The number of nitrogen functional groups attached to an aromatic ring is 1. The third-order valence-corrected chi connectivity index (χ3v) is 4.93. The molecule has 1 aliphatic heterocycles. The fraction of sp³-hybridized carbons (Fsp3) is 0.400. The van der Waals surface area contributed by atoms with E-state index in [-0.39, 0.29) is 10.8 Å². The van der Waals surface area contributed by atoms with Crippen molar-refractivity contribution in [3.63, 3.8) is 0 Å². The van der Waals surface area contributed by atoms with Crippen LogP contribution < -0.4 is 11.1 Å². The highest BCUT2D eigenvalue weighted by atomic mass is 32.2. The van der Waals surface area contributed by atoms with Gasteiger partial charge in [0.25, 0.3) is 0 Å². The minimum atomic E-state index is -4.08. The molecule has 0 radical (unpaired) electrons. The molecule has 108 valence electrons. The van der Waals surface area contributed by atoms with Crippen LogP contribution in [-0.4, -0.2) is 46.6 Å². The van der Waals surface area contributed by atoms with Crippen molar-refractivity contribution in [2.24, 2.45) is 0 Å². The van der Waals surface area contributed by atoms with Gasteiger partial charge in [-0.1, -0.05) is 0 Å². The van der Waals surface area contributed by atoms with Crippen LogP contribution in [0.25, 0.3) is 0 Å². The van der Waals surface area contributed by atoms with Crippen LogP contribution in [0.3, 0.4) is 0 Å². The largest absolute Gasteiger partial charge is 0.368 e. The fourth-order valence-electron chi connectivity index (χ4n) is 1.73. The molecule has 1 aromatic rings. The van der Waals surface area contributed by atoms with Crippen molar-refractivity contribution < 1.29 is 18.0 Å². The molecule has 0 spiro atoms. The first-order valence-electron chi connectivity index (χ1n) is 5.60. The second-order valence-electron chi connectivity index (χ2n) is 4.72. The summed E-state index contributed by atoms with van der Waals surface area (Å²) in [6.07, 6.45) is 2.06. The van der Waals surface area contributed by atoms with Gasteiger partial charge in [-0.25, -0.2) is 18.4 Å². The van der Waals surface area contributed by atoms with Gasteiger partial charge in [0.15, 0.2) is 0 Å². The van der Waals surface area contributed by atoms with Crippen LogP contribution in [0.5, 0.6) is 0 Å². The number of sulfonamides is 1. The first kappa shape index (κ1) is 14.3. The van der Waals surface area contributed by atoms with E-state index in [9.17, 15) is 18.0 Å². The van der Waals surface area contributed by atoms with Crippen LogP contribution in [0.2, 0.25) is 0 Å². The van der Waals surface area contributed by atoms with Crippen molar-refractivity contribution in [3.8, 4) is 0 Å². The molecule has 0 aromatic carbocycles. The number of nitrogens with one attached hydrogen (secondary N) is 1. The Balaban J connectivity index is 2.49. The molecular formula is C10H13N5O4S. The van der Waals surface area contributed by atoms with Crippen LogP contribution in [0.1, 0.15) is 13.8 Å². The Kier molecular flexibility index (Phi) is 3.22. The number of hydrogen-bond acceptors (Lipinski definition) is 7. The van der Waals surface area contributed by atoms with Gasteiger partial charge in [-0.05, 0) is 13.8 Å². The number of piperazine rings is 1. The molecule has 0 unspecified atom stereocenters. The summed E-state index contributed by atoms with van der Waals surface area (Å²) in [5, 5.41) is 2.10. The number of anilines is 1. The predicted molar refractivity (Wildman–Crippen MR) is 67.6 cm³/mol. The summed E-state index contributed by atoms with van der Waals surface area (Å²) in [5.41, 5.74) is 3.90. The number of rotatable bonds is 2. The average Bonchev–Trinajstić information content (AvgIpc) is 2.34. The highest BCUT2D eigenvalue weighted by Gasteiger charge is 2.47. The van der Waals surface area contributed by atoms with Crippen LogP contribution in [0.4, 0.5) is 5.95 Å². The van der Waals surface area contributed by atoms with Gasteiger partial charge in [-0.3, -0.25) is 14.9 Å². The number of imide groups is 1. The summed E-state index contributed by atoms with van der Waals surface area (Å²) in [4.78, 5) is 30.2. The molecule has 2 rings (SSSR count). The zero-order valence-electron chi connectivity index (χ0n) is 10.8. The molecule has 0 saturated carbocycles. The fourth-order valence-corrected chi connectivity index (χ4v) is 3.33. The average molecular weight is 299 g/mol. The van der Waals surface area contributed by atoms with E-state index in [0.29, 0.717) is 0 Å². The summed E-state index contributed by atoms with van der Waals surface area (Å²) < 4.78 is 25.8. The van der Waals surface area contributed by atoms with Gasteiger partial charge in [0.1, 0.15) is 10.4 Å². The van der Waals surface area contributed by atoms with Gasteiger partial charge in [-0.15, -0.1) is 0 Å². The summed E-state index contributed by atoms with van der Waals surface area (Å²) in [6.45, 7) is 2.36. The summed E-state index contributed by atoms with van der Waals surface area (Å²) >= 11 is 0. The summed E-state index contributed by atoms with van der Waals surface area (Å²) in [5.74, 6) is -1.45. The number of hydrogen-bond donors (Lipinski definition) is 2. The first-order valence-corrected chi connectivity index (χ1v) is 7.04. The van der Waals surface area contributed by atoms with Gasteiger partial charge in [0, 0.05) is 0 Å². The van der Waals surface area contributed by atoms with E-state index in [2.05, 4.69) is 15.3 Å². The van der Waals surface area contributed by atoms with E-state index in [1.165, 1.54) is 13.8 Å². The van der Waals surface area contributed by atoms with E-state index in [1.54, 1.807) is 0 Å². The topological polar surface area (TPSA) is 135 Å². The number of carbonyl (C=O) groups excluding carboxylic acids is 2. The number of carbonyl (C=O) groups is 2. The van der Waals surface area contributed by atoms with Crippen LogP contribution in [0, 0.1) is 0 Å². The van der Waals surface area contributed by atoms with Crippen molar-refractivity contribution in [1.82, 2.24) is 19.6 Å². The van der Waals surface area contributed by atoms with Gasteiger partial charge >= 0.3 is 0 Å². The van der Waals surface area contributed by atoms with E-state index >= 15 is 0 Å².